The standard InChI is InChI=1S/C12H14N2/c1-10-4-6-12(7-5-10)9-14(3)11(2)8-13/h4-7H,2,9H2,1,3H3. The number of nitrogens with zero attached hydrogens (tertiary/aromatic N) is 2. The molecule has 0 spiro atoms. The molecule has 0 fully saturated rings. The Balaban J connectivity index is 2.66. The molecule has 0 aliphatic rings. The van der Waals surface area contributed by atoms with Gasteiger partial charge in [0.1, 0.15) is 11.8 Å². The Kier molecular flexibility index (Phi) is 3.30. The highest BCUT2D eigenvalue weighted by Crippen LogP contribution is 2.08. The summed E-state index contributed by atoms with van der Waals surface area (Å²) < 4.78 is 0. The van der Waals surface area contributed by atoms with E-state index in [0.29, 0.717) is 5.70 Å². The largest absolute Gasteiger partial charge is 0.362 e. The summed E-state index contributed by atoms with van der Waals surface area (Å²) >= 11 is 0. The molecule has 0 saturated carbocycles. The van der Waals surface area contributed by atoms with Gasteiger partial charge in [0, 0.05) is 13.6 Å². The second-order valence-corrected chi connectivity index (χ2v) is 3.40. The molecule has 0 heterocycles. The van der Waals surface area contributed by atoms with Gasteiger partial charge < -0.3 is 4.90 Å². The second-order valence-electron chi connectivity index (χ2n) is 3.40. The van der Waals surface area contributed by atoms with Crippen molar-refractivity contribution >= 4 is 0 Å². The van der Waals surface area contributed by atoms with E-state index in [-0.39, 0.29) is 0 Å². The van der Waals surface area contributed by atoms with Crippen molar-refractivity contribution in [3.8, 4) is 6.07 Å². The molecule has 72 valence electrons. The Hall–Kier alpha value is -1.75. The van der Waals surface area contributed by atoms with Gasteiger partial charge in [-0.3, -0.25) is 0 Å². The molecule has 0 aromatic heterocycles. The second kappa shape index (κ2) is 4.48. The number of hydrogen-bond acceptors (Lipinski definition) is 2. The number of hydrogen-bond donors (Lipinski definition) is 0. The fourth-order valence-corrected chi connectivity index (χ4v) is 1.15. The Bertz CT molecular complexity index is 357. The zero-order valence-electron chi connectivity index (χ0n) is 8.62. The fraction of sp³-hybridized carbons (Fsp3) is 0.250. The van der Waals surface area contributed by atoms with Crippen molar-refractivity contribution < 1.29 is 0 Å². The van der Waals surface area contributed by atoms with E-state index in [2.05, 4.69) is 37.8 Å². The maximum atomic E-state index is 8.64. The monoisotopic (exact) mass is 186 g/mol. The third kappa shape index (κ3) is 2.63. The van der Waals surface area contributed by atoms with Gasteiger partial charge >= 0.3 is 0 Å². The van der Waals surface area contributed by atoms with Crippen LogP contribution in [0.1, 0.15) is 11.1 Å². The van der Waals surface area contributed by atoms with Gasteiger partial charge in [0.2, 0.25) is 0 Å². The van der Waals surface area contributed by atoms with Crippen LogP contribution in [-0.4, -0.2) is 11.9 Å². The molecule has 0 atom stereocenters. The average Bonchev–Trinajstić information content (AvgIpc) is 2.20. The van der Waals surface area contributed by atoms with Gasteiger partial charge in [-0.05, 0) is 12.5 Å². The van der Waals surface area contributed by atoms with Gasteiger partial charge in [0.25, 0.3) is 0 Å². The summed E-state index contributed by atoms with van der Waals surface area (Å²) in [5, 5.41) is 8.64. The van der Waals surface area contributed by atoms with Gasteiger partial charge in [0.15, 0.2) is 0 Å². The van der Waals surface area contributed by atoms with Gasteiger partial charge in [-0.2, -0.15) is 5.26 Å². The Morgan fingerprint density at radius 3 is 2.50 bits per heavy atom. The fourth-order valence-electron chi connectivity index (χ4n) is 1.15. The highest BCUT2D eigenvalue weighted by Gasteiger charge is 2.01. The van der Waals surface area contributed by atoms with Crippen LogP contribution in [0.3, 0.4) is 0 Å². The lowest BCUT2D eigenvalue weighted by Crippen LogP contribution is -2.15. The molecule has 0 saturated heterocycles. The number of aryl methyl sites for hydroxylation is 1. The molecule has 1 aromatic rings. The number of allylic oxidation sites excluding steroid dienone is 1. The lowest BCUT2D eigenvalue weighted by Gasteiger charge is -2.16. The minimum atomic E-state index is 0.491. The van der Waals surface area contributed by atoms with Crippen molar-refractivity contribution in [2.45, 2.75) is 13.5 Å². The van der Waals surface area contributed by atoms with Gasteiger partial charge in [0.05, 0.1) is 0 Å². The van der Waals surface area contributed by atoms with E-state index in [1.54, 1.807) is 0 Å². The maximum absolute atomic E-state index is 8.64. The van der Waals surface area contributed by atoms with Crippen molar-refractivity contribution in [2.24, 2.45) is 0 Å². The summed E-state index contributed by atoms with van der Waals surface area (Å²) in [7, 11) is 1.87. The van der Waals surface area contributed by atoms with E-state index in [1.807, 2.05) is 18.0 Å². The molecule has 14 heavy (non-hydrogen) atoms. The molecule has 2 nitrogen and oxygen atoms in total. The highest BCUT2D eigenvalue weighted by molar-refractivity contribution is 5.23. The summed E-state index contributed by atoms with van der Waals surface area (Å²) in [6.07, 6.45) is 0. The van der Waals surface area contributed by atoms with E-state index in [9.17, 15) is 0 Å². The molecule has 0 radical (unpaired) electrons. The van der Waals surface area contributed by atoms with Crippen LogP contribution in [-0.2, 0) is 6.54 Å². The lowest BCUT2D eigenvalue weighted by atomic mass is 10.1. The first kappa shape index (κ1) is 10.3. The quantitative estimate of drug-likeness (QED) is 0.678. The summed E-state index contributed by atoms with van der Waals surface area (Å²) in [6, 6.07) is 10.3. The van der Waals surface area contributed by atoms with Crippen LogP contribution >= 0.6 is 0 Å². The minimum Gasteiger partial charge on any atom is -0.362 e. The molecule has 1 rings (SSSR count). The number of nitriles is 1. The third-order valence-corrected chi connectivity index (χ3v) is 2.13. The van der Waals surface area contributed by atoms with Crippen LogP contribution in [0.4, 0.5) is 0 Å². The van der Waals surface area contributed by atoms with Crippen LogP contribution < -0.4 is 0 Å². The third-order valence-electron chi connectivity index (χ3n) is 2.13. The predicted octanol–water partition coefficient (Wildman–Crippen LogP) is 2.46. The Morgan fingerprint density at radius 2 is 2.00 bits per heavy atom. The Labute approximate surface area is 85.1 Å². The number of benzene rings is 1. The first-order valence-corrected chi connectivity index (χ1v) is 4.49. The molecule has 0 unspecified atom stereocenters. The van der Waals surface area contributed by atoms with Crippen LogP contribution in [0.2, 0.25) is 0 Å². The van der Waals surface area contributed by atoms with Crippen molar-refractivity contribution in [3.05, 3.63) is 47.7 Å². The molecule has 0 aliphatic heterocycles. The van der Waals surface area contributed by atoms with Gasteiger partial charge in [-0.15, -0.1) is 0 Å². The molecule has 2 heteroatoms. The average molecular weight is 186 g/mol. The number of rotatable bonds is 3. The van der Waals surface area contributed by atoms with Crippen molar-refractivity contribution in [1.82, 2.24) is 4.90 Å². The summed E-state index contributed by atoms with van der Waals surface area (Å²) in [5.74, 6) is 0. The SMILES string of the molecule is C=C(C#N)N(C)Cc1ccc(C)cc1. The molecule has 0 amide bonds. The normalized spacial score (nSPS) is 9.21. The van der Waals surface area contributed by atoms with E-state index >= 15 is 0 Å². The minimum absolute atomic E-state index is 0.491. The smallest absolute Gasteiger partial charge is 0.116 e. The zero-order valence-corrected chi connectivity index (χ0v) is 8.62. The van der Waals surface area contributed by atoms with Gasteiger partial charge in [-0.1, -0.05) is 36.4 Å². The summed E-state index contributed by atoms with van der Waals surface area (Å²) in [6.45, 7) is 6.44. The summed E-state index contributed by atoms with van der Waals surface area (Å²) in [5.41, 5.74) is 2.93. The molecule has 0 bridgehead atoms. The molecule has 1 aromatic carbocycles. The van der Waals surface area contributed by atoms with E-state index in [4.69, 9.17) is 5.26 Å². The van der Waals surface area contributed by atoms with Crippen LogP contribution in [0.25, 0.3) is 0 Å². The van der Waals surface area contributed by atoms with E-state index in [1.165, 1.54) is 11.1 Å². The lowest BCUT2D eigenvalue weighted by molar-refractivity contribution is 0.429. The molecular formula is C12H14N2. The van der Waals surface area contributed by atoms with Crippen LogP contribution in [0.15, 0.2) is 36.5 Å². The molecule has 0 aliphatic carbocycles. The maximum Gasteiger partial charge on any atom is 0.116 e. The van der Waals surface area contributed by atoms with Crippen LogP contribution in [0, 0.1) is 18.3 Å². The van der Waals surface area contributed by atoms with Crippen molar-refractivity contribution in [3.63, 3.8) is 0 Å². The highest BCUT2D eigenvalue weighted by atomic mass is 15.1. The molecular weight excluding hydrogens is 172 g/mol. The zero-order chi connectivity index (χ0) is 10.6. The first-order chi connectivity index (χ1) is 6.63. The van der Waals surface area contributed by atoms with Gasteiger partial charge in [-0.25, -0.2) is 0 Å². The summed E-state index contributed by atoms with van der Waals surface area (Å²) in [4.78, 5) is 1.84. The Morgan fingerprint density at radius 1 is 1.43 bits per heavy atom. The van der Waals surface area contributed by atoms with Crippen molar-refractivity contribution in [2.75, 3.05) is 7.05 Å². The predicted molar refractivity (Wildman–Crippen MR) is 57.4 cm³/mol. The van der Waals surface area contributed by atoms with E-state index in [0.717, 1.165) is 6.54 Å². The molecule has 0 N–H and O–H groups in total. The van der Waals surface area contributed by atoms with E-state index < -0.39 is 0 Å². The van der Waals surface area contributed by atoms with Crippen molar-refractivity contribution in [1.29, 1.82) is 5.26 Å². The van der Waals surface area contributed by atoms with Crippen LogP contribution in [0.5, 0.6) is 0 Å². The topological polar surface area (TPSA) is 27.0 Å². The first-order valence-electron chi connectivity index (χ1n) is 4.49.